The van der Waals surface area contributed by atoms with E-state index in [1.807, 2.05) is 6.92 Å². The highest BCUT2D eigenvalue weighted by molar-refractivity contribution is 5.55. The second-order valence-electron chi connectivity index (χ2n) is 4.13. The van der Waals surface area contributed by atoms with Crippen molar-refractivity contribution in [3.05, 3.63) is 22.5 Å². The van der Waals surface area contributed by atoms with E-state index in [9.17, 15) is 9.50 Å². The fourth-order valence-electron chi connectivity index (χ4n) is 2.12. The van der Waals surface area contributed by atoms with Gasteiger partial charge in [-0.25, -0.2) is 4.39 Å². The predicted molar refractivity (Wildman–Crippen MR) is 64.5 cm³/mol. The van der Waals surface area contributed by atoms with E-state index in [0.717, 1.165) is 5.56 Å². The van der Waals surface area contributed by atoms with Crippen LogP contribution in [0.25, 0.3) is 0 Å². The van der Waals surface area contributed by atoms with E-state index in [1.165, 1.54) is 14.2 Å². The molecule has 0 bridgehead atoms. The lowest BCUT2D eigenvalue weighted by molar-refractivity contribution is 0.268. The molecule has 96 valence electrons. The summed E-state index contributed by atoms with van der Waals surface area (Å²) >= 11 is 0. The van der Waals surface area contributed by atoms with E-state index in [2.05, 4.69) is 0 Å². The molecule has 1 aromatic rings. The van der Waals surface area contributed by atoms with Crippen molar-refractivity contribution < 1.29 is 19.0 Å². The fourth-order valence-corrected chi connectivity index (χ4v) is 2.12. The molecule has 4 heteroatoms. The minimum atomic E-state index is -0.407. The maximum atomic E-state index is 14.0. The molecule has 17 heavy (non-hydrogen) atoms. The lowest BCUT2D eigenvalue weighted by Gasteiger charge is -2.21. The van der Waals surface area contributed by atoms with Crippen molar-refractivity contribution in [3.63, 3.8) is 0 Å². The van der Waals surface area contributed by atoms with Crippen molar-refractivity contribution >= 4 is 0 Å². The van der Waals surface area contributed by atoms with Gasteiger partial charge in [0.05, 0.1) is 14.2 Å². The molecular weight excluding hydrogens is 223 g/mol. The molecule has 0 spiro atoms. The van der Waals surface area contributed by atoms with Gasteiger partial charge in [-0.2, -0.15) is 0 Å². The molecule has 0 radical (unpaired) electrons. The Hall–Kier alpha value is -1.29. The number of ether oxygens (including phenoxy) is 2. The molecule has 1 atom stereocenters. The number of aliphatic hydroxyl groups is 1. The molecule has 1 unspecified atom stereocenters. The Balaban J connectivity index is 3.60. The van der Waals surface area contributed by atoms with Crippen molar-refractivity contribution in [2.45, 2.75) is 26.7 Å². The van der Waals surface area contributed by atoms with E-state index >= 15 is 0 Å². The van der Waals surface area contributed by atoms with Crippen LogP contribution in [0.4, 0.5) is 4.39 Å². The number of hydrogen-bond donors (Lipinski definition) is 1. The van der Waals surface area contributed by atoms with Crippen molar-refractivity contribution in [1.29, 1.82) is 0 Å². The van der Waals surface area contributed by atoms with Crippen molar-refractivity contribution in [3.8, 4) is 11.5 Å². The molecule has 1 rings (SSSR count). The summed E-state index contributed by atoms with van der Waals surface area (Å²) in [6, 6.07) is 0. The zero-order chi connectivity index (χ0) is 13.2. The summed E-state index contributed by atoms with van der Waals surface area (Å²) in [6.07, 6.45) is 0. The number of methoxy groups -OCH3 is 2. The molecule has 1 aromatic carbocycles. The lowest BCUT2D eigenvalue weighted by Crippen LogP contribution is -2.09. The number of benzene rings is 1. The molecule has 0 aliphatic rings. The summed E-state index contributed by atoms with van der Waals surface area (Å²) in [5.41, 5.74) is 1.88. The lowest BCUT2D eigenvalue weighted by atomic mass is 9.92. The van der Waals surface area contributed by atoms with Crippen molar-refractivity contribution in [2.75, 3.05) is 20.8 Å². The first-order valence-corrected chi connectivity index (χ1v) is 5.50. The van der Waals surface area contributed by atoms with Gasteiger partial charge in [-0.1, -0.05) is 6.92 Å². The van der Waals surface area contributed by atoms with Gasteiger partial charge in [0.2, 0.25) is 0 Å². The Morgan fingerprint density at radius 1 is 1.12 bits per heavy atom. The molecule has 0 aliphatic heterocycles. The van der Waals surface area contributed by atoms with Gasteiger partial charge >= 0.3 is 0 Å². The van der Waals surface area contributed by atoms with Crippen LogP contribution < -0.4 is 9.47 Å². The molecule has 1 N–H and O–H groups in total. The molecule has 0 aromatic heterocycles. The number of hydrogen-bond acceptors (Lipinski definition) is 3. The average Bonchev–Trinajstić information content (AvgIpc) is 2.33. The standard InChI is InChI=1S/C13H19FO3/c1-7(6-15)10-8(2)13(17-5)11(14)9(3)12(10)16-4/h7,15H,6H2,1-5H3. The van der Waals surface area contributed by atoms with E-state index < -0.39 is 5.82 Å². The van der Waals surface area contributed by atoms with E-state index in [4.69, 9.17) is 9.47 Å². The maximum absolute atomic E-state index is 14.0. The van der Waals surface area contributed by atoms with Gasteiger partial charge in [-0.3, -0.25) is 0 Å². The van der Waals surface area contributed by atoms with Crippen LogP contribution in [-0.4, -0.2) is 25.9 Å². The second kappa shape index (κ2) is 5.36. The zero-order valence-corrected chi connectivity index (χ0v) is 10.9. The van der Waals surface area contributed by atoms with Crippen LogP contribution in [0, 0.1) is 19.7 Å². The van der Waals surface area contributed by atoms with Crippen LogP contribution in [0.2, 0.25) is 0 Å². The Labute approximate surface area is 101 Å². The summed E-state index contributed by atoms with van der Waals surface area (Å²) in [7, 11) is 2.94. The minimum Gasteiger partial charge on any atom is -0.496 e. The van der Waals surface area contributed by atoms with E-state index in [-0.39, 0.29) is 18.3 Å². The largest absolute Gasteiger partial charge is 0.496 e. The molecule has 0 fully saturated rings. The monoisotopic (exact) mass is 242 g/mol. The Morgan fingerprint density at radius 2 is 1.65 bits per heavy atom. The van der Waals surface area contributed by atoms with Gasteiger partial charge in [0.15, 0.2) is 11.6 Å². The molecule has 0 amide bonds. The smallest absolute Gasteiger partial charge is 0.171 e. The third kappa shape index (κ3) is 2.22. The molecule has 0 saturated carbocycles. The number of aliphatic hydroxyl groups excluding tert-OH is 1. The Kier molecular flexibility index (Phi) is 4.34. The normalized spacial score (nSPS) is 12.4. The topological polar surface area (TPSA) is 38.7 Å². The van der Waals surface area contributed by atoms with Gasteiger partial charge in [0.1, 0.15) is 5.75 Å². The van der Waals surface area contributed by atoms with Crippen molar-refractivity contribution in [1.82, 2.24) is 0 Å². The second-order valence-corrected chi connectivity index (χ2v) is 4.13. The summed E-state index contributed by atoms with van der Waals surface area (Å²) in [5, 5.41) is 9.27. The molecule has 0 aliphatic carbocycles. The maximum Gasteiger partial charge on any atom is 0.171 e. The van der Waals surface area contributed by atoms with Crippen LogP contribution in [0.15, 0.2) is 0 Å². The van der Waals surface area contributed by atoms with Crippen LogP contribution in [0.3, 0.4) is 0 Å². The highest BCUT2D eigenvalue weighted by Crippen LogP contribution is 2.40. The Morgan fingerprint density at radius 3 is 2.06 bits per heavy atom. The third-order valence-corrected chi connectivity index (χ3v) is 3.03. The van der Waals surface area contributed by atoms with Gasteiger partial charge < -0.3 is 14.6 Å². The summed E-state index contributed by atoms with van der Waals surface area (Å²) in [5.74, 6) is 0.176. The highest BCUT2D eigenvalue weighted by atomic mass is 19.1. The molecule has 0 heterocycles. The third-order valence-electron chi connectivity index (χ3n) is 3.03. The summed E-state index contributed by atoms with van der Waals surface area (Å²) < 4.78 is 24.3. The molecule has 3 nitrogen and oxygen atoms in total. The quantitative estimate of drug-likeness (QED) is 0.881. The first-order valence-electron chi connectivity index (χ1n) is 5.50. The number of rotatable bonds is 4. The van der Waals surface area contributed by atoms with Crippen LogP contribution >= 0.6 is 0 Å². The minimum absolute atomic E-state index is 0.0224. The first-order chi connectivity index (χ1) is 7.99. The van der Waals surface area contributed by atoms with E-state index in [0.29, 0.717) is 16.9 Å². The summed E-state index contributed by atoms with van der Waals surface area (Å²) in [4.78, 5) is 0. The van der Waals surface area contributed by atoms with Crippen molar-refractivity contribution in [2.24, 2.45) is 0 Å². The molecule has 0 saturated heterocycles. The Bertz CT molecular complexity index is 416. The van der Waals surface area contributed by atoms with Gasteiger partial charge in [0, 0.05) is 29.2 Å². The van der Waals surface area contributed by atoms with Crippen LogP contribution in [0.5, 0.6) is 11.5 Å². The number of halogens is 1. The van der Waals surface area contributed by atoms with Crippen LogP contribution in [-0.2, 0) is 0 Å². The predicted octanol–water partition coefficient (Wildman–Crippen LogP) is 2.56. The van der Waals surface area contributed by atoms with Gasteiger partial charge in [0.25, 0.3) is 0 Å². The summed E-state index contributed by atoms with van der Waals surface area (Å²) in [6.45, 7) is 5.25. The first kappa shape index (κ1) is 13.8. The van der Waals surface area contributed by atoms with Gasteiger partial charge in [-0.15, -0.1) is 0 Å². The zero-order valence-electron chi connectivity index (χ0n) is 10.9. The fraction of sp³-hybridized carbons (Fsp3) is 0.538. The van der Waals surface area contributed by atoms with E-state index in [1.54, 1.807) is 13.8 Å². The van der Waals surface area contributed by atoms with Gasteiger partial charge in [-0.05, 0) is 13.8 Å². The average molecular weight is 242 g/mol. The van der Waals surface area contributed by atoms with Crippen LogP contribution in [0.1, 0.15) is 29.5 Å². The highest BCUT2D eigenvalue weighted by Gasteiger charge is 2.24. The molecular formula is C13H19FO3. The SMILES string of the molecule is COc1c(C)c(C(C)CO)c(OC)c(C)c1F.